The van der Waals surface area contributed by atoms with E-state index >= 15 is 0 Å². The van der Waals surface area contributed by atoms with Crippen molar-refractivity contribution in [2.45, 2.75) is 32.7 Å². The molecule has 1 atom stereocenters. The van der Waals surface area contributed by atoms with Crippen LogP contribution in [0.4, 0.5) is 0 Å². The maximum atomic E-state index is 11.9. The third kappa shape index (κ3) is 3.41. The van der Waals surface area contributed by atoms with Crippen LogP contribution in [0.1, 0.15) is 41.6 Å². The lowest BCUT2D eigenvalue weighted by Gasteiger charge is -2.13. The summed E-state index contributed by atoms with van der Waals surface area (Å²) >= 11 is 0. The van der Waals surface area contributed by atoms with E-state index in [1.54, 1.807) is 0 Å². The Labute approximate surface area is 114 Å². The molecule has 110 valence electrons. The SMILES string of the molecule is Cc1nc(C(C)C)[nH]c(=O)c1C(=O)N[C@H](CO)C(=O)O. The van der Waals surface area contributed by atoms with E-state index in [1.165, 1.54) is 6.92 Å². The zero-order valence-electron chi connectivity index (χ0n) is 11.4. The highest BCUT2D eigenvalue weighted by Gasteiger charge is 2.23. The Morgan fingerprint density at radius 2 is 2.00 bits per heavy atom. The molecule has 0 aliphatic rings. The highest BCUT2D eigenvalue weighted by atomic mass is 16.4. The lowest BCUT2D eigenvalue weighted by Crippen LogP contribution is -2.45. The lowest BCUT2D eigenvalue weighted by atomic mass is 10.1. The number of carbonyl (C=O) groups excluding carboxylic acids is 1. The Bertz CT molecular complexity index is 579. The van der Waals surface area contributed by atoms with E-state index in [0.717, 1.165) is 0 Å². The Kier molecular flexibility index (Phi) is 4.98. The normalized spacial score (nSPS) is 12.2. The minimum absolute atomic E-state index is 0.0114. The van der Waals surface area contributed by atoms with Crippen LogP contribution in [-0.2, 0) is 4.79 Å². The van der Waals surface area contributed by atoms with Crippen molar-refractivity contribution in [3.63, 3.8) is 0 Å². The smallest absolute Gasteiger partial charge is 0.328 e. The minimum Gasteiger partial charge on any atom is -0.480 e. The van der Waals surface area contributed by atoms with E-state index < -0.39 is 30.1 Å². The number of aliphatic hydroxyl groups excluding tert-OH is 1. The molecule has 1 aromatic rings. The molecule has 0 spiro atoms. The summed E-state index contributed by atoms with van der Waals surface area (Å²) in [5.41, 5.74) is -0.688. The van der Waals surface area contributed by atoms with Gasteiger partial charge in [0.2, 0.25) is 0 Å². The molecule has 0 bridgehead atoms. The maximum absolute atomic E-state index is 11.9. The van der Waals surface area contributed by atoms with Gasteiger partial charge in [0.1, 0.15) is 11.4 Å². The second-order valence-electron chi connectivity index (χ2n) is 4.61. The lowest BCUT2D eigenvalue weighted by molar-refractivity contribution is -0.140. The predicted octanol–water partition coefficient (Wildman–Crippen LogP) is -0.623. The minimum atomic E-state index is -1.47. The third-order valence-corrected chi connectivity index (χ3v) is 2.68. The van der Waals surface area contributed by atoms with E-state index in [4.69, 9.17) is 10.2 Å². The fourth-order valence-electron chi connectivity index (χ4n) is 1.56. The number of carboxylic acids is 1. The van der Waals surface area contributed by atoms with E-state index in [-0.39, 0.29) is 17.2 Å². The van der Waals surface area contributed by atoms with Gasteiger partial charge in [-0.25, -0.2) is 9.78 Å². The Balaban J connectivity index is 3.11. The van der Waals surface area contributed by atoms with Crippen molar-refractivity contribution in [2.75, 3.05) is 6.61 Å². The number of nitrogens with zero attached hydrogens (tertiary/aromatic N) is 1. The second-order valence-corrected chi connectivity index (χ2v) is 4.61. The van der Waals surface area contributed by atoms with Crippen molar-refractivity contribution in [1.82, 2.24) is 15.3 Å². The number of carboxylic acid groups (broad SMARTS) is 1. The molecule has 0 radical (unpaired) electrons. The van der Waals surface area contributed by atoms with E-state index in [2.05, 4.69) is 15.3 Å². The monoisotopic (exact) mass is 283 g/mol. The molecule has 8 nitrogen and oxygen atoms in total. The van der Waals surface area contributed by atoms with Gasteiger partial charge in [-0.3, -0.25) is 9.59 Å². The third-order valence-electron chi connectivity index (χ3n) is 2.68. The average molecular weight is 283 g/mol. The van der Waals surface area contributed by atoms with Gasteiger partial charge < -0.3 is 20.5 Å². The number of H-pyrrole nitrogens is 1. The number of amides is 1. The second kappa shape index (κ2) is 6.29. The molecule has 20 heavy (non-hydrogen) atoms. The number of aromatic amines is 1. The number of aryl methyl sites for hydroxylation is 1. The van der Waals surface area contributed by atoms with E-state index in [9.17, 15) is 14.4 Å². The summed E-state index contributed by atoms with van der Waals surface area (Å²) in [4.78, 5) is 41.1. The van der Waals surface area contributed by atoms with Crippen molar-refractivity contribution >= 4 is 11.9 Å². The molecule has 1 amide bonds. The molecule has 1 rings (SSSR count). The molecule has 0 unspecified atom stereocenters. The first-order valence-corrected chi connectivity index (χ1v) is 6.03. The van der Waals surface area contributed by atoms with E-state index in [1.807, 2.05) is 13.8 Å². The number of aliphatic hydroxyl groups is 1. The fraction of sp³-hybridized carbons (Fsp3) is 0.500. The van der Waals surface area contributed by atoms with Crippen molar-refractivity contribution in [1.29, 1.82) is 0 Å². The summed E-state index contributed by atoms with van der Waals surface area (Å²) in [5, 5.41) is 19.7. The van der Waals surface area contributed by atoms with Gasteiger partial charge >= 0.3 is 5.97 Å². The molecule has 0 aliphatic carbocycles. The zero-order chi connectivity index (χ0) is 15.4. The van der Waals surface area contributed by atoms with Crippen molar-refractivity contribution in [3.8, 4) is 0 Å². The van der Waals surface area contributed by atoms with Crippen LogP contribution in [0.15, 0.2) is 4.79 Å². The number of hydrogen-bond donors (Lipinski definition) is 4. The molecule has 1 aromatic heterocycles. The van der Waals surface area contributed by atoms with Gasteiger partial charge in [-0.15, -0.1) is 0 Å². The average Bonchev–Trinajstić information content (AvgIpc) is 2.34. The first-order valence-electron chi connectivity index (χ1n) is 6.03. The molecule has 4 N–H and O–H groups in total. The summed E-state index contributed by atoms with van der Waals surface area (Å²) in [6.45, 7) is 4.40. The van der Waals surface area contributed by atoms with Crippen LogP contribution in [0.3, 0.4) is 0 Å². The van der Waals surface area contributed by atoms with Gasteiger partial charge in [0.05, 0.1) is 12.3 Å². The Hall–Kier alpha value is -2.22. The Morgan fingerprint density at radius 1 is 1.40 bits per heavy atom. The highest BCUT2D eigenvalue weighted by molar-refractivity contribution is 5.97. The van der Waals surface area contributed by atoms with Crippen LogP contribution in [-0.4, -0.2) is 44.7 Å². The standard InChI is InChI=1S/C12H17N3O5/c1-5(2)9-13-6(3)8(11(18)15-9)10(17)14-7(4-16)12(19)20/h5,7,16H,4H2,1-3H3,(H,14,17)(H,19,20)(H,13,15,18)/t7-/m1/s1. The molecule has 8 heteroatoms. The number of nitrogens with one attached hydrogen (secondary N) is 2. The molecular formula is C12H17N3O5. The number of hydrogen-bond acceptors (Lipinski definition) is 5. The summed E-state index contributed by atoms with van der Waals surface area (Å²) in [6, 6.07) is -1.47. The van der Waals surface area contributed by atoms with Crippen LogP contribution in [0.25, 0.3) is 0 Å². The summed E-state index contributed by atoms with van der Waals surface area (Å²) < 4.78 is 0. The van der Waals surface area contributed by atoms with Gasteiger partial charge in [-0.1, -0.05) is 13.8 Å². The molecule has 1 heterocycles. The summed E-state index contributed by atoms with van der Waals surface area (Å²) in [5.74, 6) is -1.83. The van der Waals surface area contributed by atoms with Gasteiger partial charge in [-0.2, -0.15) is 0 Å². The van der Waals surface area contributed by atoms with Crippen LogP contribution in [0.2, 0.25) is 0 Å². The van der Waals surface area contributed by atoms with Gasteiger partial charge in [0.15, 0.2) is 6.04 Å². The largest absolute Gasteiger partial charge is 0.480 e. The number of aromatic nitrogens is 2. The molecule has 0 aliphatic heterocycles. The van der Waals surface area contributed by atoms with Crippen LogP contribution in [0.5, 0.6) is 0 Å². The zero-order valence-corrected chi connectivity index (χ0v) is 11.4. The topological polar surface area (TPSA) is 132 Å². The first-order chi connectivity index (χ1) is 9.27. The van der Waals surface area contributed by atoms with Crippen molar-refractivity contribution in [2.24, 2.45) is 0 Å². The summed E-state index contributed by atoms with van der Waals surface area (Å²) in [6.07, 6.45) is 0. The molecule has 0 saturated heterocycles. The highest BCUT2D eigenvalue weighted by Crippen LogP contribution is 2.08. The number of carbonyl (C=O) groups is 2. The van der Waals surface area contributed by atoms with Crippen LogP contribution >= 0.6 is 0 Å². The fourth-order valence-corrected chi connectivity index (χ4v) is 1.56. The number of rotatable bonds is 5. The van der Waals surface area contributed by atoms with Gasteiger partial charge in [-0.05, 0) is 6.92 Å². The predicted molar refractivity (Wildman–Crippen MR) is 69.7 cm³/mol. The molecule has 0 fully saturated rings. The van der Waals surface area contributed by atoms with Gasteiger partial charge in [0.25, 0.3) is 11.5 Å². The summed E-state index contributed by atoms with van der Waals surface area (Å²) in [7, 11) is 0. The van der Waals surface area contributed by atoms with Crippen LogP contribution < -0.4 is 10.9 Å². The maximum Gasteiger partial charge on any atom is 0.328 e. The van der Waals surface area contributed by atoms with E-state index in [0.29, 0.717) is 5.82 Å². The molecular weight excluding hydrogens is 266 g/mol. The molecule has 0 saturated carbocycles. The number of aliphatic carboxylic acids is 1. The first kappa shape index (κ1) is 15.8. The quantitative estimate of drug-likeness (QED) is 0.569. The van der Waals surface area contributed by atoms with Gasteiger partial charge in [0, 0.05) is 5.92 Å². The van der Waals surface area contributed by atoms with Crippen molar-refractivity contribution < 1.29 is 19.8 Å². The Morgan fingerprint density at radius 3 is 2.40 bits per heavy atom. The molecule has 0 aromatic carbocycles. The van der Waals surface area contributed by atoms with Crippen molar-refractivity contribution in [3.05, 3.63) is 27.4 Å². The van der Waals surface area contributed by atoms with Crippen LogP contribution in [0, 0.1) is 6.92 Å².